The van der Waals surface area contributed by atoms with Crippen molar-refractivity contribution < 1.29 is 18.7 Å². The van der Waals surface area contributed by atoms with E-state index in [1.807, 2.05) is 20.8 Å². The smallest absolute Gasteiger partial charge is 0.410 e. The summed E-state index contributed by atoms with van der Waals surface area (Å²) in [6.45, 7) is 7.35. The van der Waals surface area contributed by atoms with E-state index in [9.17, 15) is 9.18 Å². The summed E-state index contributed by atoms with van der Waals surface area (Å²) in [6.07, 6.45) is 1.40. The van der Waals surface area contributed by atoms with E-state index in [1.165, 1.54) is 12.1 Å². The topological polar surface area (TPSA) is 38.8 Å². The Kier molecular flexibility index (Phi) is 5.74. The van der Waals surface area contributed by atoms with E-state index in [-0.39, 0.29) is 6.09 Å². The Morgan fingerprint density at radius 2 is 1.96 bits per heavy atom. The third-order valence-corrected chi connectivity index (χ3v) is 3.81. The van der Waals surface area contributed by atoms with Gasteiger partial charge in [-0.15, -0.1) is 0 Å². The first-order chi connectivity index (χ1) is 10.7. The number of likely N-dealkylation sites (tertiary alicyclic amines) is 1. The van der Waals surface area contributed by atoms with Crippen molar-refractivity contribution in [2.24, 2.45) is 5.92 Å². The number of amides is 1. The number of benzene rings is 1. The van der Waals surface area contributed by atoms with E-state index in [2.05, 4.69) is 0 Å². The van der Waals surface area contributed by atoms with Gasteiger partial charge in [-0.1, -0.05) is 11.6 Å². The highest BCUT2D eigenvalue weighted by Crippen LogP contribution is 2.24. The molecule has 0 spiro atoms. The van der Waals surface area contributed by atoms with Gasteiger partial charge in [-0.2, -0.15) is 0 Å². The molecule has 4 nitrogen and oxygen atoms in total. The Hall–Kier alpha value is -1.49. The van der Waals surface area contributed by atoms with Crippen LogP contribution in [0, 0.1) is 11.7 Å². The fraction of sp³-hybridized carbons (Fsp3) is 0.588. The Labute approximate surface area is 141 Å². The fourth-order valence-corrected chi connectivity index (χ4v) is 2.65. The number of rotatable bonds is 3. The zero-order valence-electron chi connectivity index (χ0n) is 13.8. The summed E-state index contributed by atoms with van der Waals surface area (Å²) < 4.78 is 24.2. The van der Waals surface area contributed by atoms with Gasteiger partial charge in [0.1, 0.15) is 17.2 Å². The minimum atomic E-state index is -0.478. The second-order valence-corrected chi connectivity index (χ2v) is 7.26. The number of piperidine rings is 1. The van der Waals surface area contributed by atoms with Crippen molar-refractivity contribution in [2.45, 2.75) is 39.2 Å². The molecule has 1 amide bonds. The molecule has 0 N–H and O–H groups in total. The van der Waals surface area contributed by atoms with Crippen LogP contribution in [0.25, 0.3) is 0 Å². The van der Waals surface area contributed by atoms with Gasteiger partial charge in [0.05, 0.1) is 6.61 Å². The molecule has 0 atom stereocenters. The maximum atomic E-state index is 13.2. The number of hydrogen-bond acceptors (Lipinski definition) is 3. The lowest BCUT2D eigenvalue weighted by Gasteiger charge is -2.33. The highest BCUT2D eigenvalue weighted by molar-refractivity contribution is 6.30. The standard InChI is InChI=1S/C17H23ClFNO3/c1-17(2,3)23-16(21)20-6-4-12(5-7-20)11-22-15-9-13(18)8-14(19)10-15/h8-10,12H,4-7,11H2,1-3H3. The van der Waals surface area contributed by atoms with Crippen molar-refractivity contribution in [1.29, 1.82) is 0 Å². The van der Waals surface area contributed by atoms with Crippen LogP contribution in [-0.2, 0) is 4.74 Å². The van der Waals surface area contributed by atoms with E-state index >= 15 is 0 Å². The molecule has 0 bridgehead atoms. The molecule has 1 aromatic rings. The van der Waals surface area contributed by atoms with Crippen LogP contribution < -0.4 is 4.74 Å². The van der Waals surface area contributed by atoms with Crippen LogP contribution in [0.3, 0.4) is 0 Å². The average molecular weight is 344 g/mol. The number of nitrogens with zero attached hydrogens (tertiary/aromatic N) is 1. The van der Waals surface area contributed by atoms with Crippen LogP contribution >= 0.6 is 11.6 Å². The molecular formula is C17H23ClFNO3. The highest BCUT2D eigenvalue weighted by Gasteiger charge is 2.27. The van der Waals surface area contributed by atoms with E-state index in [1.54, 1.807) is 11.0 Å². The summed E-state index contributed by atoms with van der Waals surface area (Å²) in [5, 5.41) is 0.319. The van der Waals surface area contributed by atoms with Gasteiger partial charge in [0, 0.05) is 24.2 Å². The predicted molar refractivity (Wildman–Crippen MR) is 87.4 cm³/mol. The van der Waals surface area contributed by atoms with Crippen LogP contribution in [0.4, 0.5) is 9.18 Å². The summed E-state index contributed by atoms with van der Waals surface area (Å²) in [6, 6.07) is 4.16. The second kappa shape index (κ2) is 7.39. The molecular weight excluding hydrogens is 321 g/mol. The van der Waals surface area contributed by atoms with Gasteiger partial charge in [0.2, 0.25) is 0 Å². The Morgan fingerprint density at radius 3 is 2.52 bits per heavy atom. The number of carbonyl (C=O) groups excluding carboxylic acids is 1. The fourth-order valence-electron chi connectivity index (χ4n) is 2.43. The molecule has 1 aliphatic rings. The van der Waals surface area contributed by atoms with Crippen LogP contribution in [0.15, 0.2) is 18.2 Å². The number of ether oxygens (including phenoxy) is 2. The minimum Gasteiger partial charge on any atom is -0.493 e. The molecule has 128 valence electrons. The molecule has 6 heteroatoms. The monoisotopic (exact) mass is 343 g/mol. The van der Waals surface area contributed by atoms with Crippen molar-refractivity contribution in [3.63, 3.8) is 0 Å². The van der Waals surface area contributed by atoms with Gasteiger partial charge in [0.15, 0.2) is 0 Å². The molecule has 1 aromatic carbocycles. The summed E-state index contributed by atoms with van der Waals surface area (Å²) in [5.74, 6) is 0.354. The van der Waals surface area contributed by atoms with Gasteiger partial charge in [-0.25, -0.2) is 9.18 Å². The zero-order chi connectivity index (χ0) is 17.0. The van der Waals surface area contributed by atoms with Crippen molar-refractivity contribution >= 4 is 17.7 Å². The van der Waals surface area contributed by atoms with Crippen LogP contribution in [0.1, 0.15) is 33.6 Å². The highest BCUT2D eigenvalue weighted by atomic mass is 35.5. The molecule has 2 rings (SSSR count). The predicted octanol–water partition coefficient (Wildman–Crippen LogP) is 4.51. The third-order valence-electron chi connectivity index (χ3n) is 3.59. The Morgan fingerprint density at radius 1 is 1.30 bits per heavy atom. The van der Waals surface area contributed by atoms with E-state index in [0.29, 0.717) is 36.4 Å². The molecule has 0 aliphatic carbocycles. The molecule has 1 heterocycles. The maximum absolute atomic E-state index is 13.2. The Balaban J connectivity index is 1.77. The first kappa shape index (κ1) is 17.9. The van der Waals surface area contributed by atoms with E-state index in [0.717, 1.165) is 12.8 Å². The third kappa shape index (κ3) is 5.90. The first-order valence-corrected chi connectivity index (χ1v) is 8.17. The minimum absolute atomic E-state index is 0.270. The lowest BCUT2D eigenvalue weighted by molar-refractivity contribution is 0.0165. The van der Waals surface area contributed by atoms with Crippen molar-refractivity contribution in [3.05, 3.63) is 29.0 Å². The van der Waals surface area contributed by atoms with Gasteiger partial charge in [-0.05, 0) is 51.7 Å². The quantitative estimate of drug-likeness (QED) is 0.810. The zero-order valence-corrected chi connectivity index (χ0v) is 14.5. The van der Waals surface area contributed by atoms with Crippen LogP contribution in [0.2, 0.25) is 5.02 Å². The van der Waals surface area contributed by atoms with Gasteiger partial charge >= 0.3 is 6.09 Å². The van der Waals surface area contributed by atoms with Crippen molar-refractivity contribution in [2.75, 3.05) is 19.7 Å². The van der Waals surface area contributed by atoms with Crippen molar-refractivity contribution in [1.82, 2.24) is 4.90 Å². The van der Waals surface area contributed by atoms with Crippen LogP contribution in [0.5, 0.6) is 5.75 Å². The van der Waals surface area contributed by atoms with E-state index in [4.69, 9.17) is 21.1 Å². The number of carbonyl (C=O) groups is 1. The molecule has 0 aromatic heterocycles. The summed E-state index contributed by atoms with van der Waals surface area (Å²) >= 11 is 5.80. The summed E-state index contributed by atoms with van der Waals surface area (Å²) in [4.78, 5) is 13.7. The molecule has 0 saturated carbocycles. The maximum Gasteiger partial charge on any atom is 0.410 e. The molecule has 1 aliphatic heterocycles. The lowest BCUT2D eigenvalue weighted by Crippen LogP contribution is -2.42. The lowest BCUT2D eigenvalue weighted by atomic mass is 9.98. The number of halogens is 2. The summed E-state index contributed by atoms with van der Waals surface area (Å²) in [5.41, 5.74) is -0.478. The average Bonchev–Trinajstić information content (AvgIpc) is 2.43. The van der Waals surface area contributed by atoms with Gasteiger partial charge < -0.3 is 14.4 Å². The van der Waals surface area contributed by atoms with Crippen LogP contribution in [-0.4, -0.2) is 36.3 Å². The van der Waals surface area contributed by atoms with Gasteiger partial charge in [0.25, 0.3) is 0 Å². The Bertz CT molecular complexity index is 531. The molecule has 1 fully saturated rings. The second-order valence-electron chi connectivity index (χ2n) is 6.83. The largest absolute Gasteiger partial charge is 0.493 e. The molecule has 23 heavy (non-hydrogen) atoms. The normalized spacial score (nSPS) is 16.3. The first-order valence-electron chi connectivity index (χ1n) is 7.80. The van der Waals surface area contributed by atoms with Crippen molar-refractivity contribution in [3.8, 4) is 5.75 Å². The SMILES string of the molecule is CC(C)(C)OC(=O)N1CCC(COc2cc(F)cc(Cl)c2)CC1. The number of hydrogen-bond donors (Lipinski definition) is 0. The van der Waals surface area contributed by atoms with Gasteiger partial charge in [-0.3, -0.25) is 0 Å². The summed E-state index contributed by atoms with van der Waals surface area (Å²) in [7, 11) is 0. The molecule has 0 unspecified atom stereocenters. The van der Waals surface area contributed by atoms with E-state index < -0.39 is 11.4 Å². The molecule has 0 radical (unpaired) electrons. The molecule has 1 saturated heterocycles.